The van der Waals surface area contributed by atoms with Crippen LogP contribution in [0.25, 0.3) is 0 Å². The number of aldehydes is 1. The highest BCUT2D eigenvalue weighted by atomic mass is 16.1. The molecule has 0 aliphatic heterocycles. The Kier molecular flexibility index (Phi) is 5.44. The van der Waals surface area contributed by atoms with Gasteiger partial charge in [-0.15, -0.1) is 0 Å². The molecule has 0 spiro atoms. The minimum absolute atomic E-state index is 0.870. The molecule has 0 aliphatic rings. The molecule has 1 nitrogen and oxygen atoms in total. The van der Waals surface area contributed by atoms with E-state index in [9.17, 15) is 4.79 Å². The molecule has 0 unspecified atom stereocenters. The van der Waals surface area contributed by atoms with Gasteiger partial charge < -0.3 is 0 Å². The van der Waals surface area contributed by atoms with Gasteiger partial charge in [0.15, 0.2) is 0 Å². The maximum atomic E-state index is 10.3. The molecule has 0 amide bonds. The van der Waals surface area contributed by atoms with Crippen molar-refractivity contribution in [3.05, 3.63) is 23.3 Å². The van der Waals surface area contributed by atoms with Gasteiger partial charge >= 0.3 is 0 Å². The van der Waals surface area contributed by atoms with Crippen molar-refractivity contribution in [2.75, 3.05) is 0 Å². The lowest BCUT2D eigenvalue weighted by Crippen LogP contribution is -1.84. The minimum atomic E-state index is 0.870. The van der Waals surface area contributed by atoms with Crippen molar-refractivity contribution in [3.8, 4) is 0 Å². The van der Waals surface area contributed by atoms with Crippen molar-refractivity contribution in [2.45, 2.75) is 33.6 Å². The molecule has 0 heterocycles. The van der Waals surface area contributed by atoms with Gasteiger partial charge in [-0.2, -0.15) is 0 Å². The number of allylic oxidation sites excluding steroid dienone is 4. The molecule has 0 saturated heterocycles. The summed E-state index contributed by atoms with van der Waals surface area (Å²) in [6, 6.07) is 0. The lowest BCUT2D eigenvalue weighted by Gasteiger charge is -1.98. The molecule has 0 saturated carbocycles. The van der Waals surface area contributed by atoms with Crippen LogP contribution in [0.4, 0.5) is 0 Å². The molecule has 11 heavy (non-hydrogen) atoms. The van der Waals surface area contributed by atoms with Crippen LogP contribution in [0, 0.1) is 0 Å². The summed E-state index contributed by atoms with van der Waals surface area (Å²) >= 11 is 0. The van der Waals surface area contributed by atoms with Gasteiger partial charge in [0, 0.05) is 0 Å². The molecule has 0 radical (unpaired) electrons. The Balaban J connectivity index is 3.85. The van der Waals surface area contributed by atoms with E-state index in [0.29, 0.717) is 0 Å². The average molecular weight is 152 g/mol. The van der Waals surface area contributed by atoms with Crippen LogP contribution in [0.15, 0.2) is 23.3 Å². The number of rotatable bonds is 4. The number of hydrogen-bond acceptors (Lipinski definition) is 1. The largest absolute Gasteiger partial charge is 0.298 e. The molecule has 0 N–H and O–H groups in total. The lowest BCUT2D eigenvalue weighted by molar-refractivity contribution is -0.104. The van der Waals surface area contributed by atoms with Crippen molar-refractivity contribution in [3.63, 3.8) is 0 Å². The fraction of sp³-hybridized carbons (Fsp3) is 0.500. The predicted molar refractivity (Wildman–Crippen MR) is 48.5 cm³/mol. The van der Waals surface area contributed by atoms with Crippen LogP contribution in [-0.2, 0) is 4.79 Å². The molecule has 0 aromatic heterocycles. The first-order valence-electron chi connectivity index (χ1n) is 3.95. The topological polar surface area (TPSA) is 17.1 Å². The zero-order valence-electron chi connectivity index (χ0n) is 7.55. The summed E-state index contributed by atoms with van der Waals surface area (Å²) in [6.07, 6.45) is 7.10. The molecular formula is C10H16O. The van der Waals surface area contributed by atoms with E-state index in [2.05, 4.69) is 6.08 Å². The van der Waals surface area contributed by atoms with Gasteiger partial charge in [0.25, 0.3) is 0 Å². The van der Waals surface area contributed by atoms with Crippen LogP contribution in [0.1, 0.15) is 33.6 Å². The Hall–Kier alpha value is -0.850. The molecule has 62 valence electrons. The standard InChI is InChI=1S/C10H16O/c1-4-5-6-7-9(2)10(3)8-11/h4-5,8H,6-7H2,1-3H3. The third-order valence-corrected chi connectivity index (χ3v) is 1.77. The van der Waals surface area contributed by atoms with Crippen molar-refractivity contribution in [1.82, 2.24) is 0 Å². The average Bonchev–Trinajstić information content (AvgIpc) is 2.03. The first kappa shape index (κ1) is 10.2. The summed E-state index contributed by atoms with van der Waals surface area (Å²) in [5.74, 6) is 0. The molecule has 0 fully saturated rings. The lowest BCUT2D eigenvalue weighted by atomic mass is 10.1. The Morgan fingerprint density at radius 3 is 2.45 bits per heavy atom. The van der Waals surface area contributed by atoms with Crippen molar-refractivity contribution >= 4 is 6.29 Å². The summed E-state index contributed by atoms with van der Waals surface area (Å²) in [5.41, 5.74) is 2.06. The predicted octanol–water partition coefficient (Wildman–Crippen LogP) is 2.88. The van der Waals surface area contributed by atoms with Crippen molar-refractivity contribution in [1.29, 1.82) is 0 Å². The molecule has 0 bridgehead atoms. The second-order valence-corrected chi connectivity index (χ2v) is 2.69. The molecule has 0 atom stereocenters. The molecule has 0 aliphatic carbocycles. The van der Waals surface area contributed by atoms with Gasteiger partial charge in [0.1, 0.15) is 6.29 Å². The second-order valence-electron chi connectivity index (χ2n) is 2.69. The minimum Gasteiger partial charge on any atom is -0.298 e. The van der Waals surface area contributed by atoms with Gasteiger partial charge in [-0.3, -0.25) is 4.79 Å². The van der Waals surface area contributed by atoms with E-state index in [1.165, 1.54) is 5.57 Å². The van der Waals surface area contributed by atoms with Crippen LogP contribution in [0.5, 0.6) is 0 Å². The van der Waals surface area contributed by atoms with Gasteiger partial charge in [0.2, 0.25) is 0 Å². The summed E-state index contributed by atoms with van der Waals surface area (Å²) in [4.78, 5) is 10.3. The first-order valence-corrected chi connectivity index (χ1v) is 3.95. The van der Waals surface area contributed by atoms with Gasteiger partial charge in [0.05, 0.1) is 0 Å². The zero-order chi connectivity index (χ0) is 8.69. The highest BCUT2D eigenvalue weighted by Gasteiger charge is 1.92. The van der Waals surface area contributed by atoms with Crippen LogP contribution >= 0.6 is 0 Å². The highest BCUT2D eigenvalue weighted by molar-refractivity contribution is 5.73. The number of hydrogen-bond donors (Lipinski definition) is 0. The number of carbonyl (C=O) groups excluding carboxylic acids is 1. The normalized spacial score (nSPS) is 13.4. The van der Waals surface area contributed by atoms with Gasteiger partial charge in [-0.1, -0.05) is 17.7 Å². The Morgan fingerprint density at radius 1 is 1.36 bits per heavy atom. The molecule has 0 rings (SSSR count). The maximum Gasteiger partial charge on any atom is 0.145 e. The fourth-order valence-corrected chi connectivity index (χ4v) is 0.764. The molecule has 0 aromatic rings. The third-order valence-electron chi connectivity index (χ3n) is 1.77. The molecule has 0 aromatic carbocycles. The summed E-state index contributed by atoms with van der Waals surface area (Å²) < 4.78 is 0. The molecule has 1 heteroatoms. The Bertz CT molecular complexity index is 175. The van der Waals surface area contributed by atoms with E-state index in [1.807, 2.05) is 26.8 Å². The summed E-state index contributed by atoms with van der Waals surface area (Å²) in [7, 11) is 0. The Morgan fingerprint density at radius 2 is 2.00 bits per heavy atom. The van der Waals surface area contributed by atoms with E-state index < -0.39 is 0 Å². The number of carbonyl (C=O) groups is 1. The smallest absolute Gasteiger partial charge is 0.145 e. The third kappa shape index (κ3) is 4.54. The van der Waals surface area contributed by atoms with Gasteiger partial charge in [-0.25, -0.2) is 0 Å². The van der Waals surface area contributed by atoms with Crippen molar-refractivity contribution in [2.24, 2.45) is 0 Å². The van der Waals surface area contributed by atoms with E-state index in [-0.39, 0.29) is 0 Å². The maximum absolute atomic E-state index is 10.3. The molecular weight excluding hydrogens is 136 g/mol. The monoisotopic (exact) mass is 152 g/mol. The van der Waals surface area contributed by atoms with E-state index in [1.54, 1.807) is 0 Å². The van der Waals surface area contributed by atoms with Crippen LogP contribution in [0.3, 0.4) is 0 Å². The van der Waals surface area contributed by atoms with Crippen molar-refractivity contribution < 1.29 is 4.79 Å². The summed E-state index contributed by atoms with van der Waals surface area (Å²) in [6.45, 7) is 5.87. The van der Waals surface area contributed by atoms with Crippen LogP contribution in [-0.4, -0.2) is 6.29 Å². The van der Waals surface area contributed by atoms with Crippen LogP contribution < -0.4 is 0 Å². The van der Waals surface area contributed by atoms with E-state index >= 15 is 0 Å². The second kappa shape index (κ2) is 5.90. The Labute approximate surface area is 68.8 Å². The van der Waals surface area contributed by atoms with E-state index in [0.717, 1.165) is 24.7 Å². The highest BCUT2D eigenvalue weighted by Crippen LogP contribution is 2.08. The van der Waals surface area contributed by atoms with E-state index in [4.69, 9.17) is 0 Å². The SMILES string of the molecule is CC=CCCC(C)=C(C)C=O. The first-order chi connectivity index (χ1) is 5.22. The fourth-order valence-electron chi connectivity index (χ4n) is 0.764. The quantitative estimate of drug-likeness (QED) is 0.344. The van der Waals surface area contributed by atoms with Gasteiger partial charge in [-0.05, 0) is 39.2 Å². The van der Waals surface area contributed by atoms with Crippen LogP contribution in [0.2, 0.25) is 0 Å². The zero-order valence-corrected chi connectivity index (χ0v) is 7.55. The summed E-state index contributed by atoms with van der Waals surface area (Å²) in [5, 5.41) is 0.